The molecule has 9 heteroatoms. The molecule has 186 valence electrons. The van der Waals surface area contributed by atoms with Crippen molar-refractivity contribution >= 4 is 21.8 Å². The van der Waals surface area contributed by atoms with Gasteiger partial charge in [-0.25, -0.2) is 4.98 Å². The van der Waals surface area contributed by atoms with Gasteiger partial charge in [0.1, 0.15) is 0 Å². The number of hydrogen-bond donors (Lipinski definition) is 0. The molecule has 4 aromatic rings. The van der Waals surface area contributed by atoms with Crippen molar-refractivity contribution in [3.8, 4) is 11.5 Å². The summed E-state index contributed by atoms with van der Waals surface area (Å²) in [4.78, 5) is 33.5. The molecule has 1 fully saturated rings. The number of ether oxygens (including phenoxy) is 3. The van der Waals surface area contributed by atoms with Gasteiger partial charge >= 0.3 is 0 Å². The fourth-order valence-electron chi connectivity index (χ4n) is 4.78. The first kappa shape index (κ1) is 22.8. The summed E-state index contributed by atoms with van der Waals surface area (Å²) in [6.07, 6.45) is 4.37. The van der Waals surface area contributed by atoms with Crippen molar-refractivity contribution in [3.63, 3.8) is 0 Å². The minimum absolute atomic E-state index is 0.132. The molecule has 3 aromatic heterocycles. The van der Waals surface area contributed by atoms with Gasteiger partial charge in [-0.3, -0.25) is 14.5 Å². The summed E-state index contributed by atoms with van der Waals surface area (Å²) in [5.74, 6) is 1.42. The first-order chi connectivity index (χ1) is 17.7. The van der Waals surface area contributed by atoms with Gasteiger partial charge in [-0.1, -0.05) is 6.07 Å². The summed E-state index contributed by atoms with van der Waals surface area (Å²) in [5.41, 5.74) is 1.79. The van der Waals surface area contributed by atoms with Crippen LogP contribution in [0.4, 0.5) is 0 Å². The highest BCUT2D eigenvalue weighted by atomic mass is 16.5. The van der Waals surface area contributed by atoms with E-state index in [-0.39, 0.29) is 11.1 Å². The lowest BCUT2D eigenvalue weighted by Crippen LogP contribution is -2.39. The van der Waals surface area contributed by atoms with Crippen LogP contribution in [0.3, 0.4) is 0 Å². The van der Waals surface area contributed by atoms with Crippen molar-refractivity contribution in [3.05, 3.63) is 75.1 Å². The number of fused-ring (bicyclic) bond motifs is 3. The topological polar surface area (TPSA) is 87.8 Å². The first-order valence-electron chi connectivity index (χ1n) is 12.4. The zero-order valence-corrected chi connectivity index (χ0v) is 20.0. The molecule has 0 radical (unpaired) electrons. The summed E-state index contributed by atoms with van der Waals surface area (Å²) in [6.45, 7) is 6.16. The monoisotopic (exact) mass is 488 g/mol. The van der Waals surface area contributed by atoms with Gasteiger partial charge in [0, 0.05) is 45.0 Å². The number of rotatable bonds is 5. The summed E-state index contributed by atoms with van der Waals surface area (Å²) in [5, 5.41) is 0.889. The Labute approximate surface area is 207 Å². The predicted octanol–water partition coefficient (Wildman–Crippen LogP) is 2.25. The van der Waals surface area contributed by atoms with E-state index in [1.807, 2.05) is 30.3 Å². The molecule has 2 aliphatic rings. The smallest absolute Gasteiger partial charge is 0.260 e. The second-order valence-electron chi connectivity index (χ2n) is 9.20. The number of morpholine rings is 1. The Kier molecular flexibility index (Phi) is 6.16. The lowest BCUT2D eigenvalue weighted by Gasteiger charge is -2.26. The fraction of sp³-hybridized carbons (Fsp3) is 0.370. The van der Waals surface area contributed by atoms with Gasteiger partial charge in [0.15, 0.2) is 11.5 Å². The number of pyridine rings is 3. The standard InChI is InChI=1S/C27H28N4O5/c32-26-20-17-21-23(28-22(20)4-6-30(26)9-8-29-10-14-34-15-11-29)5-7-31(27(21)33)18-19-2-3-24-25(16-19)36-13-1-12-35-24/h2-7,16-17H,1,8-15,18H2. The van der Waals surface area contributed by atoms with Crippen LogP contribution in [0.5, 0.6) is 11.5 Å². The second kappa shape index (κ2) is 9.75. The lowest BCUT2D eigenvalue weighted by molar-refractivity contribution is 0.0363. The molecule has 0 aliphatic carbocycles. The van der Waals surface area contributed by atoms with Crippen LogP contribution in [0.2, 0.25) is 0 Å². The molecule has 0 unspecified atom stereocenters. The Morgan fingerprint density at radius 2 is 1.44 bits per heavy atom. The minimum atomic E-state index is -0.183. The molecule has 1 aromatic carbocycles. The lowest BCUT2D eigenvalue weighted by atomic mass is 10.1. The van der Waals surface area contributed by atoms with E-state index in [0.29, 0.717) is 53.9 Å². The quantitative estimate of drug-likeness (QED) is 0.398. The average molecular weight is 489 g/mol. The molecule has 2 aliphatic heterocycles. The Balaban J connectivity index is 1.31. The Morgan fingerprint density at radius 1 is 0.750 bits per heavy atom. The molecule has 1 saturated heterocycles. The molecule has 5 heterocycles. The Morgan fingerprint density at radius 3 is 2.22 bits per heavy atom. The predicted molar refractivity (Wildman–Crippen MR) is 136 cm³/mol. The molecular weight excluding hydrogens is 460 g/mol. The van der Waals surface area contributed by atoms with Gasteiger partial charge in [0.25, 0.3) is 11.1 Å². The van der Waals surface area contributed by atoms with Gasteiger partial charge in [0.05, 0.1) is 54.8 Å². The van der Waals surface area contributed by atoms with Gasteiger partial charge in [0.2, 0.25) is 0 Å². The van der Waals surface area contributed by atoms with Crippen LogP contribution in [0.15, 0.2) is 58.4 Å². The third-order valence-electron chi connectivity index (χ3n) is 6.81. The zero-order chi connectivity index (χ0) is 24.5. The molecule has 36 heavy (non-hydrogen) atoms. The van der Waals surface area contributed by atoms with Crippen molar-refractivity contribution in [1.82, 2.24) is 19.0 Å². The molecule has 0 spiro atoms. The summed E-state index contributed by atoms with van der Waals surface area (Å²) in [6, 6.07) is 11.1. The van der Waals surface area contributed by atoms with Gasteiger partial charge in [-0.2, -0.15) is 0 Å². The van der Waals surface area contributed by atoms with Crippen LogP contribution in [-0.2, 0) is 17.8 Å². The van der Waals surface area contributed by atoms with E-state index in [0.717, 1.165) is 50.6 Å². The van der Waals surface area contributed by atoms with Crippen molar-refractivity contribution in [2.24, 2.45) is 0 Å². The number of hydrogen-bond acceptors (Lipinski definition) is 7. The first-order valence-corrected chi connectivity index (χ1v) is 12.4. The van der Waals surface area contributed by atoms with E-state index >= 15 is 0 Å². The maximum Gasteiger partial charge on any atom is 0.260 e. The van der Waals surface area contributed by atoms with E-state index in [2.05, 4.69) is 9.88 Å². The van der Waals surface area contributed by atoms with Crippen LogP contribution in [-0.4, -0.2) is 65.1 Å². The average Bonchev–Trinajstić information content (AvgIpc) is 3.15. The normalized spacial score (nSPS) is 16.3. The van der Waals surface area contributed by atoms with E-state index in [1.54, 1.807) is 27.6 Å². The van der Waals surface area contributed by atoms with Crippen LogP contribution in [0, 0.1) is 0 Å². The van der Waals surface area contributed by atoms with Crippen LogP contribution < -0.4 is 20.6 Å². The zero-order valence-electron chi connectivity index (χ0n) is 20.0. The van der Waals surface area contributed by atoms with Crippen LogP contribution in [0.25, 0.3) is 21.8 Å². The second-order valence-corrected chi connectivity index (χ2v) is 9.20. The number of aromatic nitrogens is 3. The molecule has 0 saturated carbocycles. The van der Waals surface area contributed by atoms with E-state index in [9.17, 15) is 9.59 Å². The fourth-order valence-corrected chi connectivity index (χ4v) is 4.78. The Hall–Kier alpha value is -3.69. The third kappa shape index (κ3) is 4.47. The SMILES string of the molecule is O=c1c2cc3c(=O)n(Cc4ccc5c(c4)OCCCO5)ccc3nc2ccn1CCN1CCOCC1. The molecule has 0 N–H and O–H groups in total. The highest BCUT2D eigenvalue weighted by Gasteiger charge is 2.14. The molecule has 0 bridgehead atoms. The number of nitrogens with zero attached hydrogens (tertiary/aromatic N) is 4. The summed E-state index contributed by atoms with van der Waals surface area (Å²) >= 11 is 0. The van der Waals surface area contributed by atoms with Gasteiger partial charge < -0.3 is 23.3 Å². The maximum absolute atomic E-state index is 13.4. The third-order valence-corrected chi connectivity index (χ3v) is 6.81. The molecule has 0 atom stereocenters. The van der Waals surface area contributed by atoms with Crippen molar-refractivity contribution in [1.29, 1.82) is 0 Å². The van der Waals surface area contributed by atoms with E-state index in [1.165, 1.54) is 0 Å². The van der Waals surface area contributed by atoms with Crippen molar-refractivity contribution < 1.29 is 14.2 Å². The summed E-state index contributed by atoms with van der Waals surface area (Å²) < 4.78 is 20.2. The minimum Gasteiger partial charge on any atom is -0.490 e. The van der Waals surface area contributed by atoms with Crippen LogP contribution >= 0.6 is 0 Å². The largest absolute Gasteiger partial charge is 0.490 e. The van der Waals surface area contributed by atoms with Crippen molar-refractivity contribution in [2.45, 2.75) is 19.5 Å². The highest BCUT2D eigenvalue weighted by Crippen LogP contribution is 2.30. The molecular formula is C27H28N4O5. The van der Waals surface area contributed by atoms with Gasteiger partial charge in [-0.05, 0) is 35.9 Å². The van der Waals surface area contributed by atoms with Crippen LogP contribution in [0.1, 0.15) is 12.0 Å². The van der Waals surface area contributed by atoms with E-state index in [4.69, 9.17) is 14.2 Å². The van der Waals surface area contributed by atoms with E-state index < -0.39 is 0 Å². The van der Waals surface area contributed by atoms with Gasteiger partial charge in [-0.15, -0.1) is 0 Å². The van der Waals surface area contributed by atoms with Crippen molar-refractivity contribution in [2.75, 3.05) is 46.1 Å². The molecule has 6 rings (SSSR count). The Bertz CT molecular complexity index is 1540. The molecule has 0 amide bonds. The highest BCUT2D eigenvalue weighted by molar-refractivity contribution is 5.91. The maximum atomic E-state index is 13.4. The molecule has 9 nitrogen and oxygen atoms in total. The number of benzene rings is 1. The summed E-state index contributed by atoms with van der Waals surface area (Å²) in [7, 11) is 0.